The van der Waals surface area contributed by atoms with Crippen LogP contribution in [0.5, 0.6) is 0 Å². The molecule has 2 rings (SSSR count). The average molecular weight is 325 g/mol. The maximum Gasteiger partial charge on any atom is 0.350 e. The maximum atomic E-state index is 10.7. The average Bonchev–Trinajstić information content (AvgIpc) is 2.85. The fourth-order valence-electron chi connectivity index (χ4n) is 3.43. The summed E-state index contributed by atoms with van der Waals surface area (Å²) in [4.78, 5) is 20.9. The van der Waals surface area contributed by atoms with Gasteiger partial charge in [0.25, 0.3) is 0 Å². The number of aliphatic carboxylic acids is 1. The van der Waals surface area contributed by atoms with Crippen molar-refractivity contribution in [1.82, 2.24) is 4.98 Å². The molecule has 1 aliphatic rings. The summed E-state index contributed by atoms with van der Waals surface area (Å²) in [7, 11) is 0. The first-order valence-corrected chi connectivity index (χ1v) is 8.39. The highest BCUT2D eigenvalue weighted by Crippen LogP contribution is 2.50. The topological polar surface area (TPSA) is 97.8 Å². The predicted molar refractivity (Wildman–Crippen MR) is 86.8 cm³/mol. The van der Waals surface area contributed by atoms with Crippen LogP contribution < -0.4 is 5.73 Å². The zero-order chi connectivity index (χ0) is 16.3. The number of rotatable bonds is 5. The molecule has 3 atom stereocenters. The minimum absolute atomic E-state index is 0.219. The van der Waals surface area contributed by atoms with Gasteiger partial charge in [0.2, 0.25) is 0 Å². The SMILES string of the molecule is CC(C)[C@H]1CC[C@H](C)C[C@]1(O/N=C/C(=O)O)c1csc(N)n1. The monoisotopic (exact) mass is 325 g/mol. The van der Waals surface area contributed by atoms with Gasteiger partial charge in [0.15, 0.2) is 16.9 Å². The normalized spacial score (nSPS) is 29.1. The van der Waals surface area contributed by atoms with E-state index in [1.807, 2.05) is 5.38 Å². The van der Waals surface area contributed by atoms with E-state index in [1.165, 1.54) is 11.3 Å². The van der Waals surface area contributed by atoms with Crippen LogP contribution in [0.2, 0.25) is 0 Å². The molecule has 1 heterocycles. The summed E-state index contributed by atoms with van der Waals surface area (Å²) in [6, 6.07) is 0. The molecule has 1 saturated carbocycles. The van der Waals surface area contributed by atoms with E-state index in [4.69, 9.17) is 15.7 Å². The minimum Gasteiger partial charge on any atom is -0.477 e. The van der Waals surface area contributed by atoms with Crippen molar-refractivity contribution >= 4 is 28.7 Å². The first kappa shape index (κ1) is 16.7. The third kappa shape index (κ3) is 3.40. The molecule has 0 aliphatic heterocycles. The molecule has 0 saturated heterocycles. The third-order valence-corrected chi connectivity index (χ3v) is 5.03. The molecule has 1 fully saturated rings. The molecule has 0 radical (unpaired) electrons. The van der Waals surface area contributed by atoms with Gasteiger partial charge in [0.1, 0.15) is 5.69 Å². The summed E-state index contributed by atoms with van der Waals surface area (Å²) in [6.07, 6.45) is 3.67. The van der Waals surface area contributed by atoms with Gasteiger partial charge in [-0.2, -0.15) is 0 Å². The van der Waals surface area contributed by atoms with Gasteiger partial charge >= 0.3 is 5.97 Å². The molecule has 6 nitrogen and oxygen atoms in total. The summed E-state index contributed by atoms with van der Waals surface area (Å²) in [6.45, 7) is 6.47. The minimum atomic E-state index is -1.13. The van der Waals surface area contributed by atoms with Crippen molar-refractivity contribution in [3.05, 3.63) is 11.1 Å². The zero-order valence-electron chi connectivity index (χ0n) is 13.2. The number of carbonyl (C=O) groups is 1. The number of hydrogen-bond donors (Lipinski definition) is 2. The highest BCUT2D eigenvalue weighted by Gasteiger charge is 2.50. The van der Waals surface area contributed by atoms with E-state index in [0.717, 1.165) is 31.2 Å². The molecule has 7 heteroatoms. The van der Waals surface area contributed by atoms with Gasteiger partial charge in [-0.15, -0.1) is 11.3 Å². The number of aromatic nitrogens is 1. The van der Waals surface area contributed by atoms with E-state index >= 15 is 0 Å². The van der Waals surface area contributed by atoms with Gasteiger partial charge < -0.3 is 15.7 Å². The molecule has 1 aliphatic carbocycles. The second-order valence-electron chi connectivity index (χ2n) is 6.36. The highest BCUT2D eigenvalue weighted by atomic mass is 32.1. The van der Waals surface area contributed by atoms with Crippen molar-refractivity contribution in [3.8, 4) is 0 Å². The van der Waals surface area contributed by atoms with Crippen LogP contribution in [0, 0.1) is 17.8 Å². The number of carboxylic acid groups (broad SMARTS) is 1. The smallest absolute Gasteiger partial charge is 0.350 e. The van der Waals surface area contributed by atoms with Gasteiger partial charge in [-0.05, 0) is 24.7 Å². The Morgan fingerprint density at radius 3 is 2.91 bits per heavy atom. The van der Waals surface area contributed by atoms with E-state index in [0.29, 0.717) is 17.0 Å². The number of carboxylic acids is 1. The first-order valence-electron chi connectivity index (χ1n) is 7.51. The maximum absolute atomic E-state index is 10.7. The number of anilines is 1. The standard InChI is InChI=1S/C15H23N3O3S/c1-9(2)11-5-4-10(3)6-15(11,21-17-7-13(19)20)12-8-22-14(16)18-12/h7-11H,4-6H2,1-3H3,(H2,16,18)(H,19,20)/b17-7+/t10-,11+,15+/m0/s1. The molecule has 0 spiro atoms. The van der Waals surface area contributed by atoms with E-state index in [-0.39, 0.29) is 5.92 Å². The quantitative estimate of drug-likeness (QED) is 0.640. The summed E-state index contributed by atoms with van der Waals surface area (Å²) in [5.74, 6) is -0.0811. The highest BCUT2D eigenvalue weighted by molar-refractivity contribution is 7.13. The molecule has 1 aromatic rings. The fourth-order valence-corrected chi connectivity index (χ4v) is 4.07. The van der Waals surface area contributed by atoms with Crippen LogP contribution in [0.4, 0.5) is 5.13 Å². The molecule has 3 N–H and O–H groups in total. The third-order valence-electron chi connectivity index (χ3n) is 4.36. The van der Waals surface area contributed by atoms with Crippen molar-refractivity contribution in [2.24, 2.45) is 22.9 Å². The lowest BCUT2D eigenvalue weighted by Crippen LogP contribution is -2.44. The van der Waals surface area contributed by atoms with Gasteiger partial charge in [-0.1, -0.05) is 32.3 Å². The Labute approximate surface area is 134 Å². The van der Waals surface area contributed by atoms with Gasteiger partial charge in [-0.3, -0.25) is 0 Å². The van der Waals surface area contributed by atoms with Crippen LogP contribution in [0.25, 0.3) is 0 Å². The van der Waals surface area contributed by atoms with Crippen LogP contribution in [0.3, 0.4) is 0 Å². The van der Waals surface area contributed by atoms with Gasteiger partial charge in [0, 0.05) is 11.3 Å². The molecule has 0 unspecified atom stereocenters. The Kier molecular flexibility index (Phi) is 5.05. The molecular weight excluding hydrogens is 302 g/mol. The van der Waals surface area contributed by atoms with Crippen LogP contribution in [0.1, 0.15) is 45.7 Å². The van der Waals surface area contributed by atoms with Crippen molar-refractivity contribution in [2.75, 3.05) is 5.73 Å². The van der Waals surface area contributed by atoms with Crippen molar-refractivity contribution in [3.63, 3.8) is 0 Å². The number of hydrogen-bond acceptors (Lipinski definition) is 6. The zero-order valence-corrected chi connectivity index (χ0v) is 14.0. The van der Waals surface area contributed by atoms with E-state index in [9.17, 15) is 4.79 Å². The molecule has 1 aromatic heterocycles. The van der Waals surface area contributed by atoms with Crippen LogP contribution in [-0.2, 0) is 15.2 Å². The largest absolute Gasteiger partial charge is 0.477 e. The lowest BCUT2D eigenvalue weighted by molar-refractivity contribution is -0.142. The Morgan fingerprint density at radius 1 is 1.64 bits per heavy atom. The van der Waals surface area contributed by atoms with Gasteiger partial charge in [-0.25, -0.2) is 9.78 Å². The van der Waals surface area contributed by atoms with Crippen molar-refractivity contribution in [1.29, 1.82) is 0 Å². The summed E-state index contributed by atoms with van der Waals surface area (Å²) < 4.78 is 0. The van der Waals surface area contributed by atoms with E-state index in [2.05, 4.69) is 30.9 Å². The summed E-state index contributed by atoms with van der Waals surface area (Å²) >= 11 is 1.37. The number of nitrogens with zero attached hydrogens (tertiary/aromatic N) is 2. The summed E-state index contributed by atoms with van der Waals surface area (Å²) in [5, 5.41) is 14.9. The second kappa shape index (κ2) is 6.64. The Morgan fingerprint density at radius 2 is 2.36 bits per heavy atom. The molecule has 0 amide bonds. The summed E-state index contributed by atoms with van der Waals surface area (Å²) in [5.41, 5.74) is 5.86. The van der Waals surface area contributed by atoms with Crippen LogP contribution >= 0.6 is 11.3 Å². The molecular formula is C15H23N3O3S. The molecule has 22 heavy (non-hydrogen) atoms. The molecule has 0 aromatic carbocycles. The van der Waals surface area contributed by atoms with E-state index < -0.39 is 11.6 Å². The van der Waals surface area contributed by atoms with Crippen LogP contribution in [-0.4, -0.2) is 22.3 Å². The number of thiazole rings is 1. The Bertz CT molecular complexity index is 558. The Hall–Kier alpha value is -1.63. The number of oxime groups is 1. The van der Waals surface area contributed by atoms with E-state index in [1.54, 1.807) is 0 Å². The first-order chi connectivity index (χ1) is 10.3. The van der Waals surface area contributed by atoms with Crippen LogP contribution in [0.15, 0.2) is 10.5 Å². The predicted octanol–water partition coefficient (Wildman–Crippen LogP) is 3.10. The number of nitrogen functional groups attached to an aromatic ring is 1. The number of nitrogens with two attached hydrogens (primary N) is 1. The van der Waals surface area contributed by atoms with Gasteiger partial charge in [0.05, 0.1) is 0 Å². The van der Waals surface area contributed by atoms with Crippen molar-refractivity contribution < 1.29 is 14.7 Å². The lowest BCUT2D eigenvalue weighted by Gasteiger charge is -2.45. The second-order valence-corrected chi connectivity index (χ2v) is 7.25. The lowest BCUT2D eigenvalue weighted by atomic mass is 9.66. The fraction of sp³-hybridized carbons (Fsp3) is 0.667. The molecule has 0 bridgehead atoms. The Balaban J connectivity index is 2.43. The molecule has 122 valence electrons. The van der Waals surface area contributed by atoms with Crippen molar-refractivity contribution in [2.45, 2.75) is 45.6 Å².